The molecule has 0 fully saturated rings. The Balaban J connectivity index is 1.68. The average Bonchev–Trinajstić information content (AvgIpc) is 3.15. The third-order valence-electron chi connectivity index (χ3n) is 5.31. The number of hydrogen-bond donors (Lipinski definition) is 0. The number of ether oxygens (including phenoxy) is 1. The Labute approximate surface area is 175 Å². The molecule has 2 aromatic carbocycles. The average molecular weight is 429 g/mol. The van der Waals surface area contributed by atoms with Crippen molar-refractivity contribution in [3.63, 3.8) is 0 Å². The van der Waals surface area contributed by atoms with Gasteiger partial charge < -0.3 is 14.5 Å². The first-order valence-electron chi connectivity index (χ1n) is 9.56. The van der Waals surface area contributed by atoms with Gasteiger partial charge in [-0.25, -0.2) is 8.42 Å². The summed E-state index contributed by atoms with van der Waals surface area (Å²) in [6.45, 7) is 0.463. The highest BCUT2D eigenvalue weighted by atomic mass is 32.2. The van der Waals surface area contributed by atoms with Gasteiger partial charge in [0.25, 0.3) is 11.8 Å². The molecule has 2 aliphatic heterocycles. The van der Waals surface area contributed by atoms with E-state index in [9.17, 15) is 18.0 Å². The van der Waals surface area contributed by atoms with E-state index in [1.54, 1.807) is 55.4 Å². The van der Waals surface area contributed by atoms with Crippen LogP contribution in [0.4, 0.5) is 11.4 Å². The summed E-state index contributed by atoms with van der Waals surface area (Å²) in [6.07, 6.45) is 0.924. The van der Waals surface area contributed by atoms with Crippen LogP contribution in [0.15, 0.2) is 42.5 Å². The minimum atomic E-state index is -3.36. The molecule has 30 heavy (non-hydrogen) atoms. The van der Waals surface area contributed by atoms with E-state index < -0.39 is 16.1 Å². The van der Waals surface area contributed by atoms with Gasteiger partial charge in [0.2, 0.25) is 10.0 Å². The van der Waals surface area contributed by atoms with E-state index in [0.29, 0.717) is 35.7 Å². The maximum Gasteiger partial charge on any atom is 0.265 e. The van der Waals surface area contributed by atoms with Crippen molar-refractivity contribution in [1.29, 1.82) is 0 Å². The second-order valence-electron chi connectivity index (χ2n) is 7.65. The predicted octanol–water partition coefficient (Wildman–Crippen LogP) is 1.50. The highest BCUT2D eigenvalue weighted by molar-refractivity contribution is 7.92. The number of rotatable bonds is 3. The Bertz CT molecular complexity index is 1130. The fourth-order valence-corrected chi connectivity index (χ4v) is 4.81. The van der Waals surface area contributed by atoms with Crippen LogP contribution in [-0.2, 0) is 21.2 Å². The van der Waals surface area contributed by atoms with Crippen LogP contribution in [0, 0.1) is 0 Å². The van der Waals surface area contributed by atoms with Crippen molar-refractivity contribution in [3.05, 3.63) is 53.6 Å². The topological polar surface area (TPSA) is 87.2 Å². The normalized spacial score (nSPS) is 17.8. The van der Waals surface area contributed by atoms with E-state index in [-0.39, 0.29) is 18.4 Å². The smallest absolute Gasteiger partial charge is 0.265 e. The standard InChI is InChI=1S/C21H23N3O5S/c1-22(2)21(26)19-13-23(17-6-4-5-7-18(17)29-19)20(25)15-8-9-16-14(12-15)10-11-24(16)30(3,27)28/h4-9,12,19H,10-11,13H2,1-3H3. The van der Waals surface area contributed by atoms with Crippen molar-refractivity contribution < 1.29 is 22.7 Å². The van der Waals surface area contributed by atoms with Crippen LogP contribution < -0.4 is 13.9 Å². The second kappa shape index (κ2) is 7.32. The molecule has 0 aromatic heterocycles. The van der Waals surface area contributed by atoms with Crippen molar-refractivity contribution >= 4 is 33.2 Å². The summed E-state index contributed by atoms with van der Waals surface area (Å²) in [5.74, 6) is -0.00956. The highest BCUT2D eigenvalue weighted by Crippen LogP contribution is 2.36. The first-order valence-corrected chi connectivity index (χ1v) is 11.4. The molecular formula is C21H23N3O5S. The summed E-state index contributed by atoms with van der Waals surface area (Å²) in [5, 5.41) is 0. The van der Waals surface area contributed by atoms with Gasteiger partial charge in [-0.05, 0) is 42.3 Å². The SMILES string of the molecule is CN(C)C(=O)C1CN(C(=O)c2ccc3c(c2)CCN3S(C)(=O)=O)c2ccccc2O1. The number of carbonyl (C=O) groups excluding carboxylic acids is 2. The Morgan fingerprint density at radius 1 is 1.10 bits per heavy atom. The van der Waals surface area contributed by atoms with Crippen molar-refractivity contribution in [1.82, 2.24) is 4.90 Å². The molecule has 1 unspecified atom stereocenters. The van der Waals surface area contributed by atoms with Gasteiger partial charge in [-0.1, -0.05) is 12.1 Å². The number of hydrogen-bond acceptors (Lipinski definition) is 5. The summed E-state index contributed by atoms with van der Waals surface area (Å²) in [6, 6.07) is 12.2. The zero-order valence-electron chi connectivity index (χ0n) is 17.0. The molecule has 9 heteroatoms. The van der Waals surface area contributed by atoms with Crippen LogP contribution in [-0.4, -0.2) is 64.7 Å². The molecule has 4 rings (SSSR count). The molecule has 0 bridgehead atoms. The summed E-state index contributed by atoms with van der Waals surface area (Å²) >= 11 is 0. The van der Waals surface area contributed by atoms with Gasteiger partial charge in [0.05, 0.1) is 24.2 Å². The lowest BCUT2D eigenvalue weighted by Crippen LogP contribution is -2.50. The molecule has 0 saturated heterocycles. The van der Waals surface area contributed by atoms with Crippen molar-refractivity contribution in [2.75, 3.05) is 42.6 Å². The third kappa shape index (κ3) is 3.49. The van der Waals surface area contributed by atoms with Gasteiger partial charge in [0.15, 0.2) is 6.10 Å². The second-order valence-corrected chi connectivity index (χ2v) is 9.56. The summed E-state index contributed by atoms with van der Waals surface area (Å²) in [4.78, 5) is 28.9. The molecule has 1 atom stereocenters. The molecule has 2 aliphatic rings. The Hall–Kier alpha value is -3.07. The zero-order valence-corrected chi connectivity index (χ0v) is 17.8. The number of carbonyl (C=O) groups is 2. The van der Waals surface area contributed by atoms with Crippen LogP contribution in [0.2, 0.25) is 0 Å². The number of anilines is 2. The van der Waals surface area contributed by atoms with Crippen LogP contribution in [0.25, 0.3) is 0 Å². The van der Waals surface area contributed by atoms with E-state index in [0.717, 1.165) is 5.56 Å². The number of nitrogens with zero attached hydrogens (tertiary/aromatic N) is 3. The van der Waals surface area contributed by atoms with Gasteiger partial charge >= 0.3 is 0 Å². The number of amides is 2. The Morgan fingerprint density at radius 3 is 2.53 bits per heavy atom. The number of fused-ring (bicyclic) bond motifs is 2. The van der Waals surface area contributed by atoms with Crippen LogP contribution in [0.3, 0.4) is 0 Å². The van der Waals surface area contributed by atoms with Gasteiger partial charge in [0.1, 0.15) is 5.75 Å². The summed E-state index contributed by atoms with van der Waals surface area (Å²) < 4.78 is 31.1. The molecule has 0 N–H and O–H groups in total. The van der Waals surface area contributed by atoms with E-state index in [1.165, 1.54) is 15.5 Å². The lowest BCUT2D eigenvalue weighted by atomic mass is 10.1. The quantitative estimate of drug-likeness (QED) is 0.738. The van der Waals surface area contributed by atoms with E-state index >= 15 is 0 Å². The van der Waals surface area contributed by atoms with E-state index in [2.05, 4.69) is 0 Å². The molecule has 2 heterocycles. The number of para-hydroxylation sites is 2. The molecule has 2 aromatic rings. The zero-order chi connectivity index (χ0) is 21.6. The van der Waals surface area contributed by atoms with Gasteiger partial charge in [-0.15, -0.1) is 0 Å². The maximum absolute atomic E-state index is 13.4. The number of benzene rings is 2. The summed E-state index contributed by atoms with van der Waals surface area (Å²) in [5.41, 5.74) is 2.46. The molecule has 8 nitrogen and oxygen atoms in total. The molecule has 2 amide bonds. The van der Waals surface area contributed by atoms with Crippen LogP contribution in [0.1, 0.15) is 15.9 Å². The first-order chi connectivity index (χ1) is 14.2. The lowest BCUT2D eigenvalue weighted by molar-refractivity contribution is -0.135. The fourth-order valence-electron chi connectivity index (χ4n) is 3.85. The highest BCUT2D eigenvalue weighted by Gasteiger charge is 2.35. The number of likely N-dealkylation sites (N-methyl/N-ethyl adjacent to an activating group) is 1. The lowest BCUT2D eigenvalue weighted by Gasteiger charge is -2.35. The first kappa shape index (κ1) is 20.2. The van der Waals surface area contributed by atoms with E-state index in [4.69, 9.17) is 4.74 Å². The maximum atomic E-state index is 13.4. The Morgan fingerprint density at radius 2 is 1.83 bits per heavy atom. The van der Waals surface area contributed by atoms with Crippen molar-refractivity contribution in [2.45, 2.75) is 12.5 Å². The Kier molecular flexibility index (Phi) is 4.93. The molecule has 0 saturated carbocycles. The van der Waals surface area contributed by atoms with Crippen molar-refractivity contribution in [2.24, 2.45) is 0 Å². The monoisotopic (exact) mass is 429 g/mol. The van der Waals surface area contributed by atoms with Gasteiger partial charge in [-0.2, -0.15) is 0 Å². The minimum absolute atomic E-state index is 0.0966. The van der Waals surface area contributed by atoms with Crippen molar-refractivity contribution in [3.8, 4) is 5.75 Å². The predicted molar refractivity (Wildman–Crippen MR) is 114 cm³/mol. The molecule has 158 valence electrons. The van der Waals surface area contributed by atoms with Gasteiger partial charge in [0, 0.05) is 26.2 Å². The fraction of sp³-hybridized carbons (Fsp3) is 0.333. The minimum Gasteiger partial charge on any atom is -0.476 e. The molecule has 0 aliphatic carbocycles. The van der Waals surface area contributed by atoms with Crippen LogP contribution in [0.5, 0.6) is 5.75 Å². The van der Waals surface area contributed by atoms with Crippen LogP contribution >= 0.6 is 0 Å². The van der Waals surface area contributed by atoms with E-state index in [1.807, 2.05) is 6.07 Å². The summed E-state index contributed by atoms with van der Waals surface area (Å²) in [7, 11) is -0.0647. The molecule has 0 radical (unpaired) electrons. The number of sulfonamides is 1. The molecular weight excluding hydrogens is 406 g/mol. The largest absolute Gasteiger partial charge is 0.476 e. The third-order valence-corrected chi connectivity index (χ3v) is 6.49. The van der Waals surface area contributed by atoms with Gasteiger partial charge in [-0.3, -0.25) is 13.9 Å². The molecule has 0 spiro atoms.